The molecule has 2 rings (SSSR count). The molecule has 0 aliphatic heterocycles. The minimum absolute atomic E-state index is 0.399. The molecule has 0 saturated heterocycles. The number of nitrogens with one attached hydrogen (secondary N) is 1. The normalized spacial score (nSPS) is 30.0. The van der Waals surface area contributed by atoms with Crippen LogP contribution in [0.3, 0.4) is 0 Å². The number of rotatable bonds is 5. The molecule has 1 saturated carbocycles. The fourth-order valence-corrected chi connectivity index (χ4v) is 3.22. The van der Waals surface area contributed by atoms with Crippen LogP contribution in [0, 0.1) is 17.8 Å². The average molecular weight is 277 g/mol. The molecule has 112 valence electrons. The molecule has 0 radical (unpaired) electrons. The Hall–Kier alpha value is -1.22. The standard InChI is InChI=1S/C17H27NO2/c1-12-8-14(9-17(20-4)13(12)2)11-18-15-6-5-7-16(10-15)19-3/h5-7,10,12-14,17-18H,8-9,11H2,1-4H3. The Bertz CT molecular complexity index is 421. The summed E-state index contributed by atoms with van der Waals surface area (Å²) < 4.78 is 10.9. The smallest absolute Gasteiger partial charge is 0.120 e. The van der Waals surface area contributed by atoms with E-state index in [4.69, 9.17) is 9.47 Å². The van der Waals surface area contributed by atoms with Crippen molar-refractivity contribution >= 4 is 5.69 Å². The van der Waals surface area contributed by atoms with Crippen LogP contribution in [0.1, 0.15) is 26.7 Å². The van der Waals surface area contributed by atoms with Gasteiger partial charge in [0.2, 0.25) is 0 Å². The zero-order valence-corrected chi connectivity index (χ0v) is 13.1. The molecule has 3 nitrogen and oxygen atoms in total. The van der Waals surface area contributed by atoms with Crippen molar-refractivity contribution in [3.05, 3.63) is 24.3 Å². The lowest BCUT2D eigenvalue weighted by molar-refractivity contribution is -0.0107. The Labute approximate surface area is 122 Å². The first-order valence-corrected chi connectivity index (χ1v) is 7.54. The molecule has 0 aromatic heterocycles. The largest absolute Gasteiger partial charge is 0.497 e. The predicted molar refractivity (Wildman–Crippen MR) is 83.3 cm³/mol. The summed E-state index contributed by atoms with van der Waals surface area (Å²) in [6.07, 6.45) is 2.83. The molecule has 4 atom stereocenters. The number of anilines is 1. The number of hydrogen-bond acceptors (Lipinski definition) is 3. The van der Waals surface area contributed by atoms with Gasteiger partial charge in [0.05, 0.1) is 13.2 Å². The van der Waals surface area contributed by atoms with E-state index in [0.29, 0.717) is 17.9 Å². The minimum atomic E-state index is 0.399. The highest BCUT2D eigenvalue weighted by atomic mass is 16.5. The monoisotopic (exact) mass is 277 g/mol. The summed E-state index contributed by atoms with van der Waals surface area (Å²) in [5, 5.41) is 3.53. The summed E-state index contributed by atoms with van der Waals surface area (Å²) in [5.74, 6) is 2.96. The molecule has 1 aromatic rings. The van der Waals surface area contributed by atoms with E-state index in [-0.39, 0.29) is 0 Å². The van der Waals surface area contributed by atoms with Crippen molar-refractivity contribution < 1.29 is 9.47 Å². The van der Waals surface area contributed by atoms with Gasteiger partial charge in [0.25, 0.3) is 0 Å². The van der Waals surface area contributed by atoms with Crippen molar-refractivity contribution in [3.8, 4) is 5.75 Å². The Morgan fingerprint density at radius 2 is 2.00 bits per heavy atom. The van der Waals surface area contributed by atoms with Gasteiger partial charge < -0.3 is 14.8 Å². The lowest BCUT2D eigenvalue weighted by Gasteiger charge is -2.38. The van der Waals surface area contributed by atoms with Crippen LogP contribution < -0.4 is 10.1 Å². The fraction of sp³-hybridized carbons (Fsp3) is 0.647. The molecular formula is C17H27NO2. The Morgan fingerprint density at radius 1 is 1.20 bits per heavy atom. The van der Waals surface area contributed by atoms with Gasteiger partial charge in [-0.05, 0) is 42.7 Å². The van der Waals surface area contributed by atoms with Crippen LogP contribution in [0.4, 0.5) is 5.69 Å². The van der Waals surface area contributed by atoms with E-state index >= 15 is 0 Å². The van der Waals surface area contributed by atoms with Gasteiger partial charge in [0.1, 0.15) is 5.75 Å². The maximum Gasteiger partial charge on any atom is 0.120 e. The van der Waals surface area contributed by atoms with Gasteiger partial charge in [-0.15, -0.1) is 0 Å². The lowest BCUT2D eigenvalue weighted by atomic mass is 9.74. The third kappa shape index (κ3) is 3.66. The molecule has 3 heteroatoms. The zero-order valence-electron chi connectivity index (χ0n) is 13.1. The van der Waals surface area contributed by atoms with Crippen LogP contribution in [-0.2, 0) is 4.74 Å². The van der Waals surface area contributed by atoms with E-state index in [2.05, 4.69) is 25.2 Å². The molecule has 0 bridgehead atoms. The van der Waals surface area contributed by atoms with E-state index in [1.54, 1.807) is 7.11 Å². The third-order valence-corrected chi connectivity index (χ3v) is 4.72. The first-order valence-electron chi connectivity index (χ1n) is 7.54. The number of ether oxygens (including phenoxy) is 2. The number of benzene rings is 1. The molecule has 1 N–H and O–H groups in total. The number of methoxy groups -OCH3 is 2. The Morgan fingerprint density at radius 3 is 2.70 bits per heavy atom. The highest BCUT2D eigenvalue weighted by Gasteiger charge is 2.32. The molecule has 1 fully saturated rings. The topological polar surface area (TPSA) is 30.5 Å². The highest BCUT2D eigenvalue weighted by Crippen LogP contribution is 2.35. The van der Waals surface area contributed by atoms with Gasteiger partial charge in [-0.25, -0.2) is 0 Å². The molecule has 1 aromatic carbocycles. The highest BCUT2D eigenvalue weighted by molar-refractivity contribution is 5.48. The van der Waals surface area contributed by atoms with E-state index in [1.165, 1.54) is 6.42 Å². The molecule has 0 amide bonds. The molecule has 4 unspecified atom stereocenters. The van der Waals surface area contributed by atoms with Gasteiger partial charge in [-0.1, -0.05) is 19.9 Å². The zero-order chi connectivity index (χ0) is 14.5. The van der Waals surface area contributed by atoms with Crippen molar-refractivity contribution in [2.24, 2.45) is 17.8 Å². The quantitative estimate of drug-likeness (QED) is 0.888. The van der Waals surface area contributed by atoms with Gasteiger partial charge in [-0.3, -0.25) is 0 Å². The van der Waals surface area contributed by atoms with E-state index in [0.717, 1.165) is 30.3 Å². The Balaban J connectivity index is 1.90. The van der Waals surface area contributed by atoms with E-state index in [9.17, 15) is 0 Å². The van der Waals surface area contributed by atoms with Gasteiger partial charge in [0.15, 0.2) is 0 Å². The summed E-state index contributed by atoms with van der Waals surface area (Å²) in [7, 11) is 3.54. The van der Waals surface area contributed by atoms with E-state index < -0.39 is 0 Å². The molecule has 20 heavy (non-hydrogen) atoms. The maximum absolute atomic E-state index is 5.64. The van der Waals surface area contributed by atoms with Crippen molar-refractivity contribution in [1.29, 1.82) is 0 Å². The van der Waals surface area contributed by atoms with Gasteiger partial charge in [-0.2, -0.15) is 0 Å². The van der Waals surface area contributed by atoms with Crippen LogP contribution in [0.25, 0.3) is 0 Å². The second-order valence-electron chi connectivity index (χ2n) is 6.06. The number of hydrogen-bond donors (Lipinski definition) is 1. The van der Waals surface area contributed by atoms with Gasteiger partial charge in [0, 0.05) is 25.4 Å². The predicted octanol–water partition coefficient (Wildman–Crippen LogP) is 3.80. The van der Waals surface area contributed by atoms with E-state index in [1.807, 2.05) is 25.3 Å². The molecule has 0 spiro atoms. The molecule has 0 heterocycles. The van der Waals surface area contributed by atoms with Gasteiger partial charge >= 0.3 is 0 Å². The summed E-state index contributed by atoms with van der Waals surface area (Å²) >= 11 is 0. The molecule has 1 aliphatic rings. The second-order valence-corrected chi connectivity index (χ2v) is 6.06. The third-order valence-electron chi connectivity index (χ3n) is 4.72. The van der Waals surface area contributed by atoms with Crippen molar-refractivity contribution in [1.82, 2.24) is 0 Å². The van der Waals surface area contributed by atoms with Crippen LogP contribution in [-0.4, -0.2) is 26.9 Å². The summed E-state index contributed by atoms with van der Waals surface area (Å²) in [5.41, 5.74) is 1.13. The van der Waals surface area contributed by atoms with Crippen LogP contribution in [0.15, 0.2) is 24.3 Å². The van der Waals surface area contributed by atoms with Crippen molar-refractivity contribution in [2.45, 2.75) is 32.8 Å². The lowest BCUT2D eigenvalue weighted by Crippen LogP contribution is -2.37. The minimum Gasteiger partial charge on any atom is -0.497 e. The fourth-order valence-electron chi connectivity index (χ4n) is 3.22. The van der Waals surface area contributed by atoms with Crippen molar-refractivity contribution in [2.75, 3.05) is 26.1 Å². The Kier molecular flexibility index (Phi) is 5.30. The second kappa shape index (κ2) is 6.98. The maximum atomic E-state index is 5.64. The first kappa shape index (κ1) is 15.2. The SMILES string of the molecule is COc1cccc(NCC2CC(C)C(C)C(OC)C2)c1. The summed E-state index contributed by atoms with van der Waals surface area (Å²) in [6.45, 7) is 5.66. The van der Waals surface area contributed by atoms with Crippen LogP contribution in [0.5, 0.6) is 5.75 Å². The average Bonchev–Trinajstić information content (AvgIpc) is 2.48. The summed E-state index contributed by atoms with van der Waals surface area (Å²) in [4.78, 5) is 0. The van der Waals surface area contributed by atoms with Crippen molar-refractivity contribution in [3.63, 3.8) is 0 Å². The first-order chi connectivity index (χ1) is 9.63. The molecular weight excluding hydrogens is 250 g/mol. The van der Waals surface area contributed by atoms with Crippen LogP contribution in [0.2, 0.25) is 0 Å². The molecule has 1 aliphatic carbocycles. The van der Waals surface area contributed by atoms with Crippen LogP contribution >= 0.6 is 0 Å². The summed E-state index contributed by atoms with van der Waals surface area (Å²) in [6, 6.07) is 8.12.